The fourth-order valence-electron chi connectivity index (χ4n) is 0.354. The third-order valence-electron chi connectivity index (χ3n) is 0.707. The summed E-state index contributed by atoms with van der Waals surface area (Å²) in [7, 11) is 9.52. The monoisotopic (exact) mass is 272 g/mol. The van der Waals surface area contributed by atoms with Crippen LogP contribution in [0.5, 0.6) is 0 Å². The zero-order valence-corrected chi connectivity index (χ0v) is 13.3. The van der Waals surface area contributed by atoms with Gasteiger partial charge < -0.3 is 28.4 Å². The number of ether oxygens (including phenoxy) is 6. The van der Waals surface area contributed by atoms with E-state index in [-0.39, 0.29) is 0 Å². The molecule has 0 amide bonds. The molecule has 0 N–H and O–H groups in total. The first-order valence-electron chi connectivity index (χ1n) is 5.60. The second-order valence-electron chi connectivity index (χ2n) is 2.79. The maximum atomic E-state index is 4.47. The number of hydrogen-bond donors (Lipinski definition) is 0. The molecule has 0 atom stereocenters. The summed E-state index contributed by atoms with van der Waals surface area (Å²) >= 11 is 0. The predicted octanol–water partition coefficient (Wildman–Crippen LogP) is 2.13. The molecule has 0 aromatic rings. The molecule has 0 heterocycles. The highest BCUT2D eigenvalue weighted by Crippen LogP contribution is 1.61. The Kier molecular flexibility index (Phi) is 64.0. The van der Waals surface area contributed by atoms with Crippen molar-refractivity contribution in [2.75, 3.05) is 63.0 Å². The summed E-state index contributed by atoms with van der Waals surface area (Å²) in [5, 5.41) is 0. The zero-order valence-electron chi connectivity index (χ0n) is 13.3. The van der Waals surface area contributed by atoms with Gasteiger partial charge in [-0.3, -0.25) is 0 Å². The van der Waals surface area contributed by atoms with Crippen molar-refractivity contribution in [3.63, 3.8) is 0 Å². The summed E-state index contributed by atoms with van der Waals surface area (Å²) in [4.78, 5) is 0. The quantitative estimate of drug-likeness (QED) is 0.690. The normalized spacial score (nSPS) is 8.00. The first kappa shape index (κ1) is 26.3. The van der Waals surface area contributed by atoms with Crippen LogP contribution in [-0.2, 0) is 28.4 Å². The van der Waals surface area contributed by atoms with Gasteiger partial charge in [-0.1, -0.05) is 20.3 Å². The van der Waals surface area contributed by atoms with Crippen molar-refractivity contribution < 1.29 is 28.4 Å². The fourth-order valence-corrected chi connectivity index (χ4v) is 0.354. The third kappa shape index (κ3) is 103. The molecule has 0 fully saturated rings. The highest BCUT2D eigenvalue weighted by atomic mass is 16.7. The Hall–Kier alpha value is -0.240. The summed E-state index contributed by atoms with van der Waals surface area (Å²) in [6, 6.07) is 0. The second kappa shape index (κ2) is 43.7. The van der Waals surface area contributed by atoms with E-state index in [2.05, 4.69) is 42.3 Å². The minimum absolute atomic E-state index is 0.389. The average molecular weight is 272 g/mol. The summed E-state index contributed by atoms with van der Waals surface area (Å²) in [6.07, 6.45) is 1.25. The van der Waals surface area contributed by atoms with Crippen molar-refractivity contribution in [1.82, 2.24) is 0 Å². The van der Waals surface area contributed by atoms with Crippen molar-refractivity contribution in [2.24, 2.45) is 0 Å². The smallest absolute Gasteiger partial charge is 0.145 e. The van der Waals surface area contributed by atoms with Gasteiger partial charge in [0, 0.05) is 42.7 Å². The first-order valence-corrected chi connectivity index (χ1v) is 5.60. The van der Waals surface area contributed by atoms with E-state index in [0.717, 1.165) is 0 Å². The van der Waals surface area contributed by atoms with Crippen molar-refractivity contribution in [1.29, 1.82) is 0 Å². The maximum Gasteiger partial charge on any atom is 0.145 e. The van der Waals surface area contributed by atoms with Crippen LogP contribution in [0.2, 0.25) is 0 Å². The molecule has 0 aromatic carbocycles. The van der Waals surface area contributed by atoms with Crippen molar-refractivity contribution >= 4 is 0 Å². The number of methoxy groups -OCH3 is 6. The summed E-state index contributed by atoms with van der Waals surface area (Å²) < 4.78 is 26.8. The Labute approximate surface area is 112 Å². The lowest BCUT2D eigenvalue weighted by Gasteiger charge is -1.87. The standard InChI is InChI=1S/3C3H8O2.C3H8/c3*1-4-3-5-2;1-3-2/h3*3H2,1-2H3;3H2,1-2H3. The summed E-state index contributed by atoms with van der Waals surface area (Å²) in [5.74, 6) is 0. The maximum absolute atomic E-state index is 4.47. The highest BCUT2D eigenvalue weighted by Gasteiger charge is 1.64. The van der Waals surface area contributed by atoms with Crippen LogP contribution in [0.4, 0.5) is 0 Å². The lowest BCUT2D eigenvalue weighted by molar-refractivity contribution is -0.00282. The van der Waals surface area contributed by atoms with Crippen LogP contribution in [0.15, 0.2) is 0 Å². The molecule has 0 saturated heterocycles. The van der Waals surface area contributed by atoms with Crippen LogP contribution in [-0.4, -0.2) is 63.0 Å². The van der Waals surface area contributed by atoms with Crippen LogP contribution in [0.3, 0.4) is 0 Å². The minimum Gasteiger partial charge on any atom is -0.359 e. The first-order chi connectivity index (χ1) is 8.66. The van der Waals surface area contributed by atoms with Crippen molar-refractivity contribution in [2.45, 2.75) is 20.3 Å². The van der Waals surface area contributed by atoms with Gasteiger partial charge in [-0.25, -0.2) is 0 Å². The van der Waals surface area contributed by atoms with E-state index in [1.807, 2.05) is 0 Å². The summed E-state index contributed by atoms with van der Waals surface area (Å²) in [5.41, 5.74) is 0. The van der Waals surface area contributed by atoms with E-state index in [0.29, 0.717) is 20.4 Å². The molecule has 0 aliphatic rings. The Bertz CT molecular complexity index is 62.7. The Morgan fingerprint density at radius 3 is 0.556 bits per heavy atom. The van der Waals surface area contributed by atoms with Gasteiger partial charge in [0.1, 0.15) is 20.4 Å². The van der Waals surface area contributed by atoms with Gasteiger partial charge in [0.15, 0.2) is 0 Å². The molecule has 116 valence electrons. The van der Waals surface area contributed by atoms with Gasteiger partial charge >= 0.3 is 0 Å². The van der Waals surface area contributed by atoms with Gasteiger partial charge in [0.25, 0.3) is 0 Å². The second-order valence-corrected chi connectivity index (χ2v) is 2.79. The molecule has 0 bridgehead atoms. The van der Waals surface area contributed by atoms with Crippen molar-refractivity contribution in [3.05, 3.63) is 0 Å². The number of rotatable bonds is 6. The largest absolute Gasteiger partial charge is 0.359 e. The highest BCUT2D eigenvalue weighted by molar-refractivity contribution is 3.92. The van der Waals surface area contributed by atoms with E-state index in [9.17, 15) is 0 Å². The van der Waals surface area contributed by atoms with E-state index >= 15 is 0 Å². The molecule has 0 radical (unpaired) electrons. The average Bonchev–Trinajstić information content (AvgIpc) is 2.35. The topological polar surface area (TPSA) is 55.4 Å². The molecule has 6 heteroatoms. The molecule has 0 rings (SSSR count). The van der Waals surface area contributed by atoms with Gasteiger partial charge in [0.05, 0.1) is 0 Å². The van der Waals surface area contributed by atoms with Crippen LogP contribution in [0, 0.1) is 0 Å². The molecule has 0 aromatic heterocycles. The van der Waals surface area contributed by atoms with E-state index in [1.54, 1.807) is 42.7 Å². The summed E-state index contributed by atoms with van der Waals surface area (Å²) in [6.45, 7) is 5.42. The Balaban J connectivity index is -0.0000000739. The molecule has 0 aliphatic heterocycles. The van der Waals surface area contributed by atoms with Crippen LogP contribution in [0.1, 0.15) is 20.3 Å². The molecule has 0 saturated carbocycles. The molecular weight excluding hydrogens is 240 g/mol. The Morgan fingerprint density at radius 2 is 0.556 bits per heavy atom. The van der Waals surface area contributed by atoms with E-state index in [4.69, 9.17) is 0 Å². The van der Waals surface area contributed by atoms with Crippen molar-refractivity contribution in [3.8, 4) is 0 Å². The predicted molar refractivity (Wildman–Crippen MR) is 72.6 cm³/mol. The Morgan fingerprint density at radius 1 is 0.444 bits per heavy atom. The van der Waals surface area contributed by atoms with Gasteiger partial charge in [-0.2, -0.15) is 0 Å². The van der Waals surface area contributed by atoms with Crippen LogP contribution < -0.4 is 0 Å². The molecule has 18 heavy (non-hydrogen) atoms. The molecule has 0 spiro atoms. The lowest BCUT2D eigenvalue weighted by Crippen LogP contribution is -1.87. The molecule has 0 unspecified atom stereocenters. The van der Waals surface area contributed by atoms with Gasteiger partial charge in [0.2, 0.25) is 0 Å². The van der Waals surface area contributed by atoms with Crippen LogP contribution in [0.25, 0.3) is 0 Å². The zero-order chi connectivity index (χ0) is 15.1. The fraction of sp³-hybridized carbons (Fsp3) is 1.00. The van der Waals surface area contributed by atoms with Gasteiger partial charge in [-0.15, -0.1) is 0 Å². The molecule has 0 aliphatic carbocycles. The van der Waals surface area contributed by atoms with E-state index in [1.165, 1.54) is 6.42 Å². The minimum atomic E-state index is 0.389. The lowest BCUT2D eigenvalue weighted by atomic mass is 10.6. The molecule has 6 nitrogen and oxygen atoms in total. The molecular formula is C12H32O6. The SMILES string of the molecule is CCC.COCOC.COCOC.COCOC. The third-order valence-corrected chi connectivity index (χ3v) is 0.707. The van der Waals surface area contributed by atoms with Crippen LogP contribution >= 0.6 is 0 Å². The number of hydrogen-bond acceptors (Lipinski definition) is 6. The van der Waals surface area contributed by atoms with Gasteiger partial charge in [-0.05, 0) is 0 Å². The van der Waals surface area contributed by atoms with E-state index < -0.39 is 0 Å².